The predicted molar refractivity (Wildman–Crippen MR) is 337 cm³/mol. The average Bonchev–Trinajstić information content (AvgIpc) is 2.18. The van der Waals surface area contributed by atoms with Crippen molar-refractivity contribution in [3.63, 3.8) is 0 Å². The topological polar surface area (TPSA) is 117 Å². The van der Waals surface area contributed by atoms with Gasteiger partial charge in [-0.3, -0.25) is 19.2 Å². The van der Waals surface area contributed by atoms with Crippen LogP contribution in [0.1, 0.15) is 248 Å². The third-order valence-electron chi connectivity index (χ3n) is 20.7. The first kappa shape index (κ1) is 62.5. The van der Waals surface area contributed by atoms with Crippen LogP contribution in [0.25, 0.3) is 0 Å². The number of amides is 4. The molecule has 452 valence electrons. The number of hydrogen-bond donors (Lipinski definition) is 3. The first-order valence-corrected chi connectivity index (χ1v) is 32.2. The highest BCUT2D eigenvalue weighted by atomic mass is 16.2. The van der Waals surface area contributed by atoms with E-state index in [1.54, 1.807) is 25.7 Å². The molecule has 3 aromatic rings. The van der Waals surface area contributed by atoms with Gasteiger partial charge < -0.3 is 35.6 Å². The summed E-state index contributed by atoms with van der Waals surface area (Å²) in [6, 6.07) is 27.3. The highest BCUT2D eigenvalue weighted by molar-refractivity contribution is 5.87. The molecule has 0 aromatic heterocycles. The standard InChI is InChI=1S/C27H41N3O2.C22H34N2O.C21H32N2O.3H2/c1-20(31)30-16-7-10-24(30)25(32)28-23-11-12-27(22-9-6-5-8-21(22)23)14-18-29(19-15-27)17-13-26(2,3)4;1-17(25)23-20-9-10-22(19-8-6-5-7-18(19)20)12-15-24(16-13-22)14-11-21(2,3)4;1-4-17(5-2)23-14-12-21(13-15-23)11-10-20(22-16(3)24)18-8-6-7-9-19(18)21;;;/h5-6,8-9,23-24H,7,10-19H2,1-4H3,(H,28,32);5-8,20H,9-16H2,1-4H3,(H,23,25);6-9,17,20H,4-5,10-15H2,1-3H3,(H,22,24);3*1H/t23-,24?;2*20-;;;/m010.../s1. The maximum atomic E-state index is 13.1. The van der Waals surface area contributed by atoms with Crippen molar-refractivity contribution in [3.8, 4) is 0 Å². The van der Waals surface area contributed by atoms with Gasteiger partial charge in [0.1, 0.15) is 6.04 Å². The van der Waals surface area contributed by atoms with Gasteiger partial charge >= 0.3 is 0 Å². The molecule has 3 N–H and O–H groups in total. The van der Waals surface area contributed by atoms with Crippen LogP contribution in [0.3, 0.4) is 0 Å². The molecule has 10 rings (SSSR count). The van der Waals surface area contributed by atoms with Crippen LogP contribution in [0.4, 0.5) is 0 Å². The number of hydrogen-bond acceptors (Lipinski definition) is 7. The minimum atomic E-state index is -0.304. The minimum Gasteiger partial charge on any atom is -0.350 e. The molecule has 0 saturated carbocycles. The van der Waals surface area contributed by atoms with Crippen molar-refractivity contribution in [3.05, 3.63) is 106 Å². The Morgan fingerprint density at radius 3 is 1.21 bits per heavy atom. The number of carbonyl (C=O) groups is 4. The smallest absolute Gasteiger partial charge is 0.243 e. The van der Waals surface area contributed by atoms with E-state index in [0.29, 0.717) is 28.2 Å². The Hall–Kier alpha value is -4.58. The van der Waals surface area contributed by atoms with Gasteiger partial charge in [-0.2, -0.15) is 0 Å². The zero-order chi connectivity index (χ0) is 58.2. The van der Waals surface area contributed by atoms with E-state index >= 15 is 0 Å². The second-order valence-electron chi connectivity index (χ2n) is 28.5. The van der Waals surface area contributed by atoms with Gasteiger partial charge in [0.2, 0.25) is 23.6 Å². The Labute approximate surface area is 494 Å². The van der Waals surface area contributed by atoms with Crippen molar-refractivity contribution in [1.82, 2.24) is 35.6 Å². The number of piperidine rings is 3. The largest absolute Gasteiger partial charge is 0.350 e. The van der Waals surface area contributed by atoms with Gasteiger partial charge in [0.25, 0.3) is 0 Å². The Balaban J connectivity index is 0.000000229. The molecule has 7 aliphatic rings. The van der Waals surface area contributed by atoms with Crippen LogP contribution in [0.5, 0.6) is 0 Å². The molecule has 4 aliphatic heterocycles. The monoisotopic (exact) mass is 1120 g/mol. The number of benzene rings is 3. The molecule has 11 nitrogen and oxygen atoms in total. The first-order chi connectivity index (χ1) is 38.6. The van der Waals surface area contributed by atoms with Crippen molar-refractivity contribution >= 4 is 23.6 Å². The van der Waals surface area contributed by atoms with Gasteiger partial charge in [-0.25, -0.2) is 0 Å². The Kier molecular flexibility index (Phi) is 20.8. The first-order valence-electron chi connectivity index (χ1n) is 32.2. The van der Waals surface area contributed by atoms with Crippen LogP contribution in [0.2, 0.25) is 0 Å². The van der Waals surface area contributed by atoms with E-state index in [2.05, 4.69) is 159 Å². The third-order valence-corrected chi connectivity index (χ3v) is 20.7. The molecule has 11 heteroatoms. The van der Waals surface area contributed by atoms with Crippen LogP contribution in [0, 0.1) is 10.8 Å². The van der Waals surface area contributed by atoms with Gasteiger partial charge in [0.15, 0.2) is 0 Å². The number of likely N-dealkylation sites (tertiary alicyclic amines) is 4. The summed E-state index contributed by atoms with van der Waals surface area (Å²) >= 11 is 0. The van der Waals surface area contributed by atoms with Crippen molar-refractivity contribution in [2.75, 3.05) is 58.9 Å². The second-order valence-corrected chi connectivity index (χ2v) is 28.5. The van der Waals surface area contributed by atoms with Gasteiger partial charge in [0.05, 0.1) is 18.1 Å². The van der Waals surface area contributed by atoms with Crippen LogP contribution in [-0.2, 0) is 35.4 Å². The summed E-state index contributed by atoms with van der Waals surface area (Å²) in [6.45, 7) is 33.7. The Morgan fingerprint density at radius 1 is 0.506 bits per heavy atom. The molecular formula is C70H113N7O4. The van der Waals surface area contributed by atoms with Crippen LogP contribution in [0.15, 0.2) is 72.8 Å². The van der Waals surface area contributed by atoms with Crippen LogP contribution in [-0.4, -0.2) is 114 Å². The average molecular weight is 1120 g/mol. The lowest BCUT2D eigenvalue weighted by atomic mass is 9.63. The Bertz CT molecular complexity index is 2590. The fourth-order valence-electron chi connectivity index (χ4n) is 15.7. The predicted octanol–water partition coefficient (Wildman–Crippen LogP) is 13.8. The fraction of sp³-hybridized carbons (Fsp3) is 0.686. The highest BCUT2D eigenvalue weighted by Gasteiger charge is 2.46. The van der Waals surface area contributed by atoms with E-state index in [9.17, 15) is 19.2 Å². The molecule has 0 radical (unpaired) electrons. The number of carbonyl (C=O) groups excluding carboxylic acids is 4. The van der Waals surface area contributed by atoms with E-state index in [0.717, 1.165) is 57.7 Å². The molecule has 81 heavy (non-hydrogen) atoms. The van der Waals surface area contributed by atoms with E-state index < -0.39 is 0 Å². The molecule has 0 bridgehead atoms. The molecule has 4 heterocycles. The van der Waals surface area contributed by atoms with E-state index in [4.69, 9.17) is 0 Å². The molecule has 3 spiro atoms. The van der Waals surface area contributed by atoms with Gasteiger partial charge in [-0.05, 0) is 228 Å². The minimum absolute atomic E-state index is 0. The normalized spacial score (nSPS) is 24.2. The number of nitrogens with zero attached hydrogens (tertiary/aromatic N) is 4. The van der Waals surface area contributed by atoms with Gasteiger partial charge in [0, 0.05) is 37.6 Å². The van der Waals surface area contributed by atoms with Crippen molar-refractivity contribution in [2.45, 2.75) is 238 Å². The molecule has 4 fully saturated rings. The Morgan fingerprint density at radius 2 is 0.864 bits per heavy atom. The van der Waals surface area contributed by atoms with Crippen molar-refractivity contribution in [2.24, 2.45) is 10.8 Å². The van der Waals surface area contributed by atoms with Gasteiger partial charge in [-0.15, -0.1) is 0 Å². The number of rotatable bonds is 11. The number of fused-ring (bicyclic) bond motifs is 6. The fourth-order valence-corrected chi connectivity index (χ4v) is 15.7. The quantitative estimate of drug-likeness (QED) is 0.175. The lowest BCUT2D eigenvalue weighted by Gasteiger charge is -2.48. The number of nitrogens with one attached hydrogen (secondary N) is 3. The maximum absolute atomic E-state index is 13.1. The van der Waals surface area contributed by atoms with Gasteiger partial charge in [-0.1, -0.05) is 128 Å². The second kappa shape index (κ2) is 27.0. The van der Waals surface area contributed by atoms with Crippen molar-refractivity contribution < 1.29 is 23.5 Å². The molecule has 4 amide bonds. The molecule has 4 atom stereocenters. The molecule has 3 aromatic carbocycles. The molecular weight excluding hydrogens is 1000 g/mol. The summed E-state index contributed by atoms with van der Waals surface area (Å²) in [5.41, 5.74) is 10.1. The molecule has 4 saturated heterocycles. The van der Waals surface area contributed by atoms with E-state index in [1.165, 1.54) is 150 Å². The lowest BCUT2D eigenvalue weighted by Crippen LogP contribution is -2.49. The molecule has 3 aliphatic carbocycles. The maximum Gasteiger partial charge on any atom is 0.243 e. The summed E-state index contributed by atoms with van der Waals surface area (Å²) in [4.78, 5) is 57.9. The summed E-state index contributed by atoms with van der Waals surface area (Å²) < 4.78 is 0. The zero-order valence-corrected chi connectivity index (χ0v) is 52.3. The third kappa shape index (κ3) is 15.4. The van der Waals surface area contributed by atoms with Crippen LogP contribution >= 0.6 is 0 Å². The zero-order valence-electron chi connectivity index (χ0n) is 52.3. The summed E-state index contributed by atoms with van der Waals surface area (Å²) in [5.74, 6) is 0.177. The SMILES string of the molecule is CC(=O)N1CCCC1C(=O)N[C@H]1CCC2(CCN(CCC(C)(C)C)CC2)c2ccccc21.CC(=O)N[C@@H]1CCC2(CCN(CCC(C)(C)C)CC2)c2ccccc21.CCC(CC)N1CCC2(CC[C@H](NC(C)=O)c3ccccc32)CC1.[HH].[HH].[HH]. The van der Waals surface area contributed by atoms with Crippen LogP contribution < -0.4 is 16.0 Å². The van der Waals surface area contributed by atoms with E-state index in [1.807, 2.05) is 0 Å². The van der Waals surface area contributed by atoms with E-state index in [-0.39, 0.29) is 57.5 Å². The van der Waals surface area contributed by atoms with Crippen molar-refractivity contribution in [1.29, 1.82) is 0 Å². The lowest BCUT2D eigenvalue weighted by molar-refractivity contribution is -0.137. The summed E-state index contributed by atoms with van der Waals surface area (Å²) in [7, 11) is 0. The summed E-state index contributed by atoms with van der Waals surface area (Å²) in [5, 5.41) is 9.64. The summed E-state index contributed by atoms with van der Waals surface area (Å²) in [6.07, 6.45) is 20.8. The highest BCUT2D eigenvalue weighted by Crippen LogP contribution is 2.51. The molecule has 1 unspecified atom stereocenters.